The summed E-state index contributed by atoms with van der Waals surface area (Å²) in [5, 5.41) is 5.75. The summed E-state index contributed by atoms with van der Waals surface area (Å²) in [4.78, 5) is 11.0. The van der Waals surface area contributed by atoms with E-state index in [1.165, 1.54) is 0 Å². The first-order valence-electron chi connectivity index (χ1n) is 4.54. The van der Waals surface area contributed by atoms with Crippen LogP contribution in [0.5, 0.6) is 0 Å². The Morgan fingerprint density at radius 2 is 2.31 bits per heavy atom. The van der Waals surface area contributed by atoms with E-state index in [9.17, 15) is 9.00 Å². The predicted molar refractivity (Wildman–Crippen MR) is 52.9 cm³/mol. The number of hydrogen-bond acceptors (Lipinski definition) is 3. The van der Waals surface area contributed by atoms with Crippen molar-refractivity contribution in [2.75, 3.05) is 31.1 Å². The number of carbonyl (C=O) groups excluding carboxylic acids is 1. The zero-order valence-electron chi connectivity index (χ0n) is 7.84. The largest absolute Gasteiger partial charge is 0.356 e. The smallest absolute Gasteiger partial charge is 0.232 e. The summed E-state index contributed by atoms with van der Waals surface area (Å²) in [5.74, 6) is 1.22. The van der Waals surface area contributed by atoms with Crippen molar-refractivity contribution < 1.29 is 9.00 Å². The molecule has 13 heavy (non-hydrogen) atoms. The molecule has 76 valence electrons. The van der Waals surface area contributed by atoms with Crippen molar-refractivity contribution in [1.29, 1.82) is 0 Å². The molecule has 0 aromatic heterocycles. The highest BCUT2D eigenvalue weighted by Crippen LogP contribution is 2.04. The Morgan fingerprint density at radius 1 is 1.62 bits per heavy atom. The lowest BCUT2D eigenvalue weighted by atomic mass is 10.1. The summed E-state index contributed by atoms with van der Waals surface area (Å²) in [6.45, 7) is 4.36. The molecule has 0 saturated carbocycles. The SMILES string of the molecule is CCNC(=O)CS(=O)CC1CNC1. The Kier molecular flexibility index (Phi) is 4.38. The Hall–Kier alpha value is -0.420. The van der Waals surface area contributed by atoms with E-state index in [1.807, 2.05) is 6.92 Å². The lowest BCUT2D eigenvalue weighted by molar-refractivity contribution is -0.118. The summed E-state index contributed by atoms with van der Waals surface area (Å²) in [6.07, 6.45) is 0. The van der Waals surface area contributed by atoms with Gasteiger partial charge in [0.25, 0.3) is 0 Å². The first-order chi connectivity index (χ1) is 6.22. The molecule has 0 aliphatic carbocycles. The second-order valence-electron chi connectivity index (χ2n) is 3.23. The average Bonchev–Trinajstić information content (AvgIpc) is 1.97. The number of hydrogen-bond donors (Lipinski definition) is 2. The third-order valence-electron chi connectivity index (χ3n) is 1.95. The van der Waals surface area contributed by atoms with Gasteiger partial charge in [0, 0.05) is 36.2 Å². The first kappa shape index (κ1) is 10.7. The fourth-order valence-corrected chi connectivity index (χ4v) is 2.46. The quantitative estimate of drug-likeness (QED) is 0.609. The van der Waals surface area contributed by atoms with Gasteiger partial charge in [0.2, 0.25) is 5.91 Å². The van der Waals surface area contributed by atoms with Gasteiger partial charge in [-0.25, -0.2) is 0 Å². The van der Waals surface area contributed by atoms with E-state index in [1.54, 1.807) is 0 Å². The van der Waals surface area contributed by atoms with Gasteiger partial charge >= 0.3 is 0 Å². The van der Waals surface area contributed by atoms with Crippen molar-refractivity contribution >= 4 is 16.7 Å². The van der Waals surface area contributed by atoms with Gasteiger partial charge in [-0.1, -0.05) is 0 Å². The fourth-order valence-electron chi connectivity index (χ4n) is 1.18. The molecule has 5 heteroatoms. The second kappa shape index (κ2) is 5.34. The molecule has 1 aliphatic heterocycles. The van der Waals surface area contributed by atoms with Crippen LogP contribution in [0.3, 0.4) is 0 Å². The molecule has 0 spiro atoms. The van der Waals surface area contributed by atoms with Crippen LogP contribution in [0.1, 0.15) is 6.92 Å². The third kappa shape index (κ3) is 3.87. The fraction of sp³-hybridized carbons (Fsp3) is 0.875. The summed E-state index contributed by atoms with van der Waals surface area (Å²) >= 11 is 0. The van der Waals surface area contributed by atoms with Crippen molar-refractivity contribution in [2.45, 2.75) is 6.92 Å². The van der Waals surface area contributed by atoms with Gasteiger partial charge in [0.05, 0.1) is 0 Å². The molecule has 4 nitrogen and oxygen atoms in total. The van der Waals surface area contributed by atoms with Crippen LogP contribution in [-0.4, -0.2) is 41.3 Å². The van der Waals surface area contributed by atoms with Crippen molar-refractivity contribution in [1.82, 2.24) is 10.6 Å². The Bertz CT molecular complexity index is 204. The van der Waals surface area contributed by atoms with Crippen LogP contribution in [0, 0.1) is 5.92 Å². The molecule has 1 unspecified atom stereocenters. The van der Waals surface area contributed by atoms with Gasteiger partial charge < -0.3 is 10.6 Å². The van der Waals surface area contributed by atoms with Crippen LogP contribution >= 0.6 is 0 Å². The molecule has 1 rings (SSSR count). The zero-order chi connectivity index (χ0) is 9.68. The molecule has 0 aromatic carbocycles. The van der Waals surface area contributed by atoms with E-state index < -0.39 is 10.8 Å². The number of nitrogens with one attached hydrogen (secondary N) is 2. The van der Waals surface area contributed by atoms with Gasteiger partial charge in [-0.15, -0.1) is 0 Å². The molecule has 0 bridgehead atoms. The standard InChI is InChI=1S/C8H16N2O2S/c1-2-10-8(11)6-13(12)5-7-3-9-4-7/h7,9H,2-6H2,1H3,(H,10,11). The molecule has 1 heterocycles. The van der Waals surface area contributed by atoms with Crippen LogP contribution < -0.4 is 10.6 Å². The van der Waals surface area contributed by atoms with Crippen molar-refractivity contribution in [3.63, 3.8) is 0 Å². The molecule has 1 atom stereocenters. The summed E-state index contributed by atoms with van der Waals surface area (Å²) < 4.78 is 11.4. The van der Waals surface area contributed by atoms with Crippen molar-refractivity contribution in [2.24, 2.45) is 5.92 Å². The predicted octanol–water partition coefficient (Wildman–Crippen LogP) is -0.909. The van der Waals surface area contributed by atoms with E-state index in [0.717, 1.165) is 13.1 Å². The highest BCUT2D eigenvalue weighted by atomic mass is 32.2. The minimum absolute atomic E-state index is 0.104. The highest BCUT2D eigenvalue weighted by molar-refractivity contribution is 7.85. The van der Waals surface area contributed by atoms with Gasteiger partial charge in [0.15, 0.2) is 0 Å². The monoisotopic (exact) mass is 204 g/mol. The minimum atomic E-state index is -0.982. The van der Waals surface area contributed by atoms with Gasteiger partial charge in [-0.2, -0.15) is 0 Å². The third-order valence-corrected chi connectivity index (χ3v) is 3.38. The van der Waals surface area contributed by atoms with E-state index in [2.05, 4.69) is 10.6 Å². The minimum Gasteiger partial charge on any atom is -0.356 e. The van der Waals surface area contributed by atoms with Crippen LogP contribution in [-0.2, 0) is 15.6 Å². The van der Waals surface area contributed by atoms with E-state index in [4.69, 9.17) is 0 Å². The molecule has 1 aliphatic rings. The van der Waals surface area contributed by atoms with Crippen LogP contribution in [0.4, 0.5) is 0 Å². The summed E-state index contributed by atoms with van der Waals surface area (Å²) in [6, 6.07) is 0. The number of amides is 1. The van der Waals surface area contributed by atoms with Gasteiger partial charge in [0.1, 0.15) is 5.75 Å². The zero-order valence-corrected chi connectivity index (χ0v) is 8.65. The summed E-state index contributed by atoms with van der Waals surface area (Å²) in [5.41, 5.74) is 0. The Balaban J connectivity index is 2.12. The van der Waals surface area contributed by atoms with E-state index in [0.29, 0.717) is 18.2 Å². The Labute approximate surface area is 80.9 Å². The molecule has 0 aromatic rings. The molecule has 1 saturated heterocycles. The summed E-state index contributed by atoms with van der Waals surface area (Å²) in [7, 11) is -0.982. The maximum atomic E-state index is 11.4. The average molecular weight is 204 g/mol. The lowest BCUT2D eigenvalue weighted by Gasteiger charge is -2.26. The van der Waals surface area contributed by atoms with Gasteiger partial charge in [-0.3, -0.25) is 9.00 Å². The van der Waals surface area contributed by atoms with Crippen molar-refractivity contribution in [3.05, 3.63) is 0 Å². The molecular formula is C8H16N2O2S. The maximum absolute atomic E-state index is 11.4. The van der Waals surface area contributed by atoms with Gasteiger partial charge in [-0.05, 0) is 12.8 Å². The van der Waals surface area contributed by atoms with Crippen LogP contribution in [0.25, 0.3) is 0 Å². The first-order valence-corrected chi connectivity index (χ1v) is 6.03. The number of rotatable bonds is 5. The molecule has 0 radical (unpaired) electrons. The maximum Gasteiger partial charge on any atom is 0.232 e. The van der Waals surface area contributed by atoms with Crippen LogP contribution in [0.2, 0.25) is 0 Å². The molecule has 1 amide bonds. The van der Waals surface area contributed by atoms with E-state index in [-0.39, 0.29) is 11.7 Å². The molecular weight excluding hydrogens is 188 g/mol. The Morgan fingerprint density at radius 3 is 2.77 bits per heavy atom. The second-order valence-corrected chi connectivity index (χ2v) is 4.73. The van der Waals surface area contributed by atoms with E-state index >= 15 is 0 Å². The number of carbonyl (C=O) groups is 1. The van der Waals surface area contributed by atoms with Crippen molar-refractivity contribution in [3.8, 4) is 0 Å². The molecule has 2 N–H and O–H groups in total. The topological polar surface area (TPSA) is 58.2 Å². The molecule has 1 fully saturated rings. The normalized spacial score (nSPS) is 19.2. The lowest BCUT2D eigenvalue weighted by Crippen LogP contribution is -2.45. The van der Waals surface area contributed by atoms with Crippen LogP contribution in [0.15, 0.2) is 0 Å². The highest BCUT2D eigenvalue weighted by Gasteiger charge is 2.20.